The van der Waals surface area contributed by atoms with Crippen LogP contribution >= 0.6 is 0 Å². The Bertz CT molecular complexity index is 709. The summed E-state index contributed by atoms with van der Waals surface area (Å²) in [5.41, 5.74) is 1.16. The number of aryl methyl sites for hydroxylation is 1. The van der Waals surface area contributed by atoms with E-state index in [0.717, 1.165) is 24.2 Å². The van der Waals surface area contributed by atoms with Crippen molar-refractivity contribution in [2.45, 2.75) is 33.1 Å². The molecule has 3 heteroatoms. The summed E-state index contributed by atoms with van der Waals surface area (Å²) in [4.78, 5) is 0. The Labute approximate surface area is 136 Å². The quantitative estimate of drug-likeness (QED) is 0.551. The minimum Gasteiger partial charge on any atom is -0.494 e. The van der Waals surface area contributed by atoms with Crippen molar-refractivity contribution in [3.8, 4) is 17.6 Å². The molecular weight excluding hydrogens is 294 g/mol. The highest BCUT2D eigenvalue weighted by molar-refractivity contribution is 5.45. The summed E-state index contributed by atoms with van der Waals surface area (Å²) < 4.78 is 33.2. The van der Waals surface area contributed by atoms with Crippen LogP contribution in [-0.2, 0) is 6.42 Å². The zero-order valence-corrected chi connectivity index (χ0v) is 13.5. The summed E-state index contributed by atoms with van der Waals surface area (Å²) >= 11 is 0. The van der Waals surface area contributed by atoms with Gasteiger partial charge in [0.05, 0.1) is 12.2 Å². The standard InChI is InChI=1S/C20H20F2O/c1-3-5-14-23-18-12-7-15(8-13-18)6-9-17-11-10-16(4-2)19(21)20(17)22/h7-8,10-13H,3-5,14H2,1-2H3. The van der Waals surface area contributed by atoms with Gasteiger partial charge >= 0.3 is 0 Å². The average Bonchev–Trinajstić information content (AvgIpc) is 2.58. The number of hydrogen-bond acceptors (Lipinski definition) is 1. The van der Waals surface area contributed by atoms with E-state index in [0.29, 0.717) is 18.6 Å². The van der Waals surface area contributed by atoms with Gasteiger partial charge < -0.3 is 4.74 Å². The van der Waals surface area contributed by atoms with Crippen LogP contribution in [0.15, 0.2) is 36.4 Å². The molecule has 0 amide bonds. The van der Waals surface area contributed by atoms with Gasteiger partial charge in [0.15, 0.2) is 11.6 Å². The zero-order chi connectivity index (χ0) is 16.7. The molecule has 0 unspecified atom stereocenters. The van der Waals surface area contributed by atoms with Crippen molar-refractivity contribution in [1.82, 2.24) is 0 Å². The first-order chi connectivity index (χ1) is 11.2. The van der Waals surface area contributed by atoms with Gasteiger partial charge in [0.25, 0.3) is 0 Å². The molecule has 120 valence electrons. The van der Waals surface area contributed by atoms with Crippen molar-refractivity contribution in [3.05, 3.63) is 64.7 Å². The number of unbranched alkanes of at least 4 members (excludes halogenated alkanes) is 1. The summed E-state index contributed by atoms with van der Waals surface area (Å²) in [6.45, 7) is 4.58. The van der Waals surface area contributed by atoms with Crippen LogP contribution in [-0.4, -0.2) is 6.61 Å². The molecule has 0 atom stereocenters. The minimum atomic E-state index is -0.878. The van der Waals surface area contributed by atoms with E-state index in [2.05, 4.69) is 18.8 Å². The molecule has 0 aliphatic rings. The summed E-state index contributed by atoms with van der Waals surface area (Å²) in [5.74, 6) is 4.64. The average molecular weight is 314 g/mol. The van der Waals surface area contributed by atoms with Crippen LogP contribution in [0.2, 0.25) is 0 Å². The van der Waals surface area contributed by atoms with Crippen LogP contribution in [0.25, 0.3) is 0 Å². The molecule has 0 aliphatic carbocycles. The second kappa shape index (κ2) is 8.33. The van der Waals surface area contributed by atoms with Crippen LogP contribution in [0.4, 0.5) is 8.78 Å². The van der Waals surface area contributed by atoms with Gasteiger partial charge in [-0.2, -0.15) is 0 Å². The fourth-order valence-electron chi connectivity index (χ4n) is 2.07. The normalized spacial score (nSPS) is 10.1. The number of benzene rings is 2. The number of rotatable bonds is 5. The smallest absolute Gasteiger partial charge is 0.174 e. The van der Waals surface area contributed by atoms with Gasteiger partial charge in [0, 0.05) is 5.56 Å². The molecule has 0 saturated heterocycles. The van der Waals surface area contributed by atoms with Gasteiger partial charge in [-0.3, -0.25) is 0 Å². The Balaban J connectivity index is 2.11. The largest absolute Gasteiger partial charge is 0.494 e. The maximum absolute atomic E-state index is 13.9. The fraction of sp³-hybridized carbons (Fsp3) is 0.300. The van der Waals surface area contributed by atoms with Gasteiger partial charge in [-0.15, -0.1) is 0 Å². The molecule has 0 heterocycles. The van der Waals surface area contributed by atoms with Gasteiger partial charge in [-0.25, -0.2) is 8.78 Å². The topological polar surface area (TPSA) is 9.23 Å². The van der Waals surface area contributed by atoms with Crippen molar-refractivity contribution in [2.24, 2.45) is 0 Å². The molecule has 0 aromatic heterocycles. The predicted molar refractivity (Wildman–Crippen MR) is 88.6 cm³/mol. The lowest BCUT2D eigenvalue weighted by atomic mass is 10.1. The number of ether oxygens (including phenoxy) is 1. The molecule has 2 rings (SSSR count). The second-order valence-electron chi connectivity index (χ2n) is 5.23. The lowest BCUT2D eigenvalue weighted by Crippen LogP contribution is -1.96. The van der Waals surface area contributed by atoms with E-state index in [9.17, 15) is 8.78 Å². The van der Waals surface area contributed by atoms with Crippen molar-refractivity contribution in [1.29, 1.82) is 0 Å². The second-order valence-corrected chi connectivity index (χ2v) is 5.23. The SMILES string of the molecule is CCCCOc1ccc(C#Cc2ccc(CC)c(F)c2F)cc1. The van der Waals surface area contributed by atoms with Gasteiger partial charge in [-0.05, 0) is 48.7 Å². The fourth-order valence-corrected chi connectivity index (χ4v) is 2.07. The van der Waals surface area contributed by atoms with E-state index in [1.807, 2.05) is 24.3 Å². The van der Waals surface area contributed by atoms with Crippen LogP contribution in [0.3, 0.4) is 0 Å². The van der Waals surface area contributed by atoms with Crippen molar-refractivity contribution < 1.29 is 13.5 Å². The first-order valence-electron chi connectivity index (χ1n) is 7.87. The molecule has 0 fully saturated rings. The predicted octanol–water partition coefficient (Wildman–Crippen LogP) is 5.11. The minimum absolute atomic E-state index is 0.0722. The first kappa shape index (κ1) is 17.0. The Hall–Kier alpha value is -2.34. The number of halogens is 2. The molecule has 0 saturated carbocycles. The third kappa shape index (κ3) is 4.56. The Morgan fingerprint density at radius 2 is 1.65 bits per heavy atom. The highest BCUT2D eigenvalue weighted by Gasteiger charge is 2.10. The van der Waals surface area contributed by atoms with E-state index in [4.69, 9.17) is 4.74 Å². The van der Waals surface area contributed by atoms with Gasteiger partial charge in [0.2, 0.25) is 0 Å². The van der Waals surface area contributed by atoms with Crippen LogP contribution in [0.5, 0.6) is 5.75 Å². The van der Waals surface area contributed by atoms with E-state index in [-0.39, 0.29) is 5.56 Å². The van der Waals surface area contributed by atoms with E-state index < -0.39 is 11.6 Å². The van der Waals surface area contributed by atoms with Crippen LogP contribution in [0, 0.1) is 23.5 Å². The first-order valence-corrected chi connectivity index (χ1v) is 7.87. The van der Waals surface area contributed by atoms with E-state index >= 15 is 0 Å². The molecule has 0 spiro atoms. The molecule has 0 radical (unpaired) electrons. The zero-order valence-electron chi connectivity index (χ0n) is 13.5. The third-order valence-corrected chi connectivity index (χ3v) is 3.51. The highest BCUT2D eigenvalue weighted by Crippen LogP contribution is 2.17. The molecule has 0 N–H and O–H groups in total. The van der Waals surface area contributed by atoms with E-state index in [1.165, 1.54) is 6.07 Å². The molecule has 1 nitrogen and oxygen atoms in total. The van der Waals surface area contributed by atoms with Crippen molar-refractivity contribution in [2.75, 3.05) is 6.61 Å². The highest BCUT2D eigenvalue weighted by atomic mass is 19.2. The monoisotopic (exact) mass is 314 g/mol. The Morgan fingerprint density at radius 3 is 2.30 bits per heavy atom. The van der Waals surface area contributed by atoms with E-state index in [1.54, 1.807) is 13.0 Å². The molecule has 0 aliphatic heterocycles. The lowest BCUT2D eigenvalue weighted by Gasteiger charge is -2.04. The van der Waals surface area contributed by atoms with Crippen LogP contribution in [0.1, 0.15) is 43.4 Å². The lowest BCUT2D eigenvalue weighted by molar-refractivity contribution is 0.309. The summed E-state index contributed by atoms with van der Waals surface area (Å²) in [7, 11) is 0. The molecule has 23 heavy (non-hydrogen) atoms. The summed E-state index contributed by atoms with van der Waals surface area (Å²) in [5, 5.41) is 0. The molecule has 2 aromatic carbocycles. The molecule has 0 bridgehead atoms. The van der Waals surface area contributed by atoms with Crippen molar-refractivity contribution >= 4 is 0 Å². The Kier molecular flexibility index (Phi) is 6.17. The van der Waals surface area contributed by atoms with Gasteiger partial charge in [0.1, 0.15) is 5.75 Å². The maximum Gasteiger partial charge on any atom is 0.174 e. The van der Waals surface area contributed by atoms with Crippen LogP contribution < -0.4 is 4.74 Å². The maximum atomic E-state index is 13.9. The third-order valence-electron chi connectivity index (χ3n) is 3.51. The van der Waals surface area contributed by atoms with Crippen molar-refractivity contribution in [3.63, 3.8) is 0 Å². The number of hydrogen-bond donors (Lipinski definition) is 0. The molecule has 2 aromatic rings. The summed E-state index contributed by atoms with van der Waals surface area (Å²) in [6.07, 6.45) is 2.55. The summed E-state index contributed by atoms with van der Waals surface area (Å²) in [6, 6.07) is 10.4. The van der Waals surface area contributed by atoms with Gasteiger partial charge in [-0.1, -0.05) is 38.2 Å². The molecular formula is C20H20F2O. The Morgan fingerprint density at radius 1 is 0.913 bits per heavy atom.